The van der Waals surface area contributed by atoms with E-state index >= 15 is 0 Å². The first-order chi connectivity index (χ1) is 16.3. The lowest BCUT2D eigenvalue weighted by Crippen LogP contribution is -2.24. The summed E-state index contributed by atoms with van der Waals surface area (Å²) in [5.74, 6) is -0.322. The smallest absolute Gasteiger partial charge is 0.244 e. The molecule has 34 heavy (non-hydrogen) atoms. The van der Waals surface area contributed by atoms with Gasteiger partial charge in [-0.25, -0.2) is 8.42 Å². The Kier molecular flexibility index (Phi) is 6.65. The van der Waals surface area contributed by atoms with E-state index in [9.17, 15) is 18.0 Å². The van der Waals surface area contributed by atoms with E-state index in [0.29, 0.717) is 17.6 Å². The Balaban J connectivity index is 1.79. The van der Waals surface area contributed by atoms with Gasteiger partial charge in [-0.1, -0.05) is 50.2 Å². The van der Waals surface area contributed by atoms with Crippen molar-refractivity contribution in [3.05, 3.63) is 100 Å². The zero-order chi connectivity index (χ0) is 24.3. The van der Waals surface area contributed by atoms with Crippen molar-refractivity contribution in [1.29, 1.82) is 0 Å². The quantitative estimate of drug-likeness (QED) is 0.424. The van der Waals surface area contributed by atoms with Gasteiger partial charge in [-0.2, -0.15) is 0 Å². The highest BCUT2D eigenvalue weighted by molar-refractivity contribution is 7.91. The molecule has 1 amide bonds. The van der Waals surface area contributed by atoms with Crippen LogP contribution in [0, 0.1) is 0 Å². The van der Waals surface area contributed by atoms with Gasteiger partial charge in [0.25, 0.3) is 0 Å². The fraction of sp³-hybridized carbons (Fsp3) is 0.185. The van der Waals surface area contributed by atoms with Gasteiger partial charge in [-0.3, -0.25) is 9.59 Å². The molecule has 0 aliphatic rings. The highest BCUT2D eigenvalue weighted by Crippen LogP contribution is 2.22. The molecule has 0 unspecified atom stereocenters. The van der Waals surface area contributed by atoms with E-state index in [1.54, 1.807) is 30.3 Å². The number of nitrogens with zero attached hydrogens (tertiary/aromatic N) is 1. The minimum absolute atomic E-state index is 0.0325. The number of hydrogen-bond acceptors (Lipinski definition) is 4. The molecule has 4 rings (SSSR count). The predicted octanol–water partition coefficient (Wildman–Crippen LogP) is 4.60. The molecule has 174 valence electrons. The number of carbonyl (C=O) groups excluding carboxylic acids is 1. The third-order valence-corrected chi connectivity index (χ3v) is 7.59. The number of fused-ring (bicyclic) bond motifs is 1. The van der Waals surface area contributed by atoms with E-state index in [-0.39, 0.29) is 27.6 Å². The average molecular weight is 475 g/mol. The maximum atomic E-state index is 13.3. The Morgan fingerprint density at radius 3 is 2.18 bits per heavy atom. The summed E-state index contributed by atoms with van der Waals surface area (Å²) < 4.78 is 28.2. The molecule has 0 aliphatic heterocycles. The number of aromatic nitrogens is 1. The molecule has 0 bridgehead atoms. The Morgan fingerprint density at radius 1 is 0.882 bits per heavy atom. The largest absolute Gasteiger partial charge is 0.336 e. The lowest BCUT2D eigenvalue weighted by atomic mass is 10.1. The Morgan fingerprint density at radius 2 is 1.53 bits per heavy atom. The fourth-order valence-corrected chi connectivity index (χ4v) is 5.26. The maximum Gasteiger partial charge on any atom is 0.244 e. The zero-order valence-electron chi connectivity index (χ0n) is 19.1. The SMILES string of the molecule is CCc1ccc(NC(=O)Cn2cc(S(=O)(=O)c3ccccc3)c(=O)c3cc(CC)ccc32)cc1. The molecule has 0 saturated heterocycles. The van der Waals surface area contributed by atoms with Crippen molar-refractivity contribution in [3.63, 3.8) is 0 Å². The van der Waals surface area contributed by atoms with E-state index < -0.39 is 15.3 Å². The Bertz CT molecular complexity index is 1510. The predicted molar refractivity (Wildman–Crippen MR) is 134 cm³/mol. The highest BCUT2D eigenvalue weighted by Gasteiger charge is 2.24. The molecule has 1 heterocycles. The third kappa shape index (κ3) is 4.65. The van der Waals surface area contributed by atoms with Crippen LogP contribution in [0.2, 0.25) is 0 Å². The molecule has 0 radical (unpaired) electrons. The number of benzene rings is 3. The van der Waals surface area contributed by atoms with Gasteiger partial charge < -0.3 is 9.88 Å². The van der Waals surface area contributed by atoms with Crippen LogP contribution in [0.5, 0.6) is 0 Å². The Hall–Kier alpha value is -3.71. The second-order valence-electron chi connectivity index (χ2n) is 8.07. The number of sulfone groups is 1. The number of anilines is 1. The van der Waals surface area contributed by atoms with Gasteiger partial charge in [0.05, 0.1) is 10.4 Å². The molecule has 1 aromatic heterocycles. The second kappa shape index (κ2) is 9.65. The molecule has 0 saturated carbocycles. The molecule has 0 atom stereocenters. The molecule has 6 nitrogen and oxygen atoms in total. The Labute approximate surface area is 198 Å². The third-order valence-electron chi connectivity index (χ3n) is 5.82. The van der Waals surface area contributed by atoms with Crippen molar-refractivity contribution in [2.24, 2.45) is 0 Å². The van der Waals surface area contributed by atoms with Gasteiger partial charge in [0.15, 0.2) is 0 Å². The molecule has 0 spiro atoms. The van der Waals surface area contributed by atoms with Crippen molar-refractivity contribution >= 4 is 32.3 Å². The van der Waals surface area contributed by atoms with Crippen LogP contribution in [0.4, 0.5) is 5.69 Å². The first kappa shape index (κ1) is 23.4. The number of pyridine rings is 1. The van der Waals surface area contributed by atoms with Crippen LogP contribution in [0.3, 0.4) is 0 Å². The molecular formula is C27H26N2O4S. The summed E-state index contributed by atoms with van der Waals surface area (Å²) in [6.07, 6.45) is 2.87. The van der Waals surface area contributed by atoms with Gasteiger partial charge in [0.1, 0.15) is 11.4 Å². The van der Waals surface area contributed by atoms with Crippen LogP contribution in [-0.2, 0) is 34.0 Å². The number of hydrogen-bond donors (Lipinski definition) is 1. The first-order valence-corrected chi connectivity index (χ1v) is 12.7. The average Bonchev–Trinajstić information content (AvgIpc) is 2.86. The summed E-state index contributed by atoms with van der Waals surface area (Å²) >= 11 is 0. The van der Waals surface area contributed by atoms with Crippen LogP contribution in [-0.4, -0.2) is 18.9 Å². The van der Waals surface area contributed by atoms with E-state index in [1.807, 2.05) is 37.3 Å². The summed E-state index contributed by atoms with van der Waals surface area (Å²) in [6.45, 7) is 3.87. The molecule has 0 aliphatic carbocycles. The lowest BCUT2D eigenvalue weighted by Gasteiger charge is -2.15. The minimum Gasteiger partial charge on any atom is -0.336 e. The number of carbonyl (C=O) groups is 1. The van der Waals surface area contributed by atoms with Gasteiger partial charge in [-0.15, -0.1) is 0 Å². The van der Waals surface area contributed by atoms with Crippen LogP contribution >= 0.6 is 0 Å². The number of aryl methyl sites for hydroxylation is 2. The van der Waals surface area contributed by atoms with Crippen molar-refractivity contribution < 1.29 is 13.2 Å². The monoisotopic (exact) mass is 474 g/mol. The zero-order valence-corrected chi connectivity index (χ0v) is 19.9. The summed E-state index contributed by atoms with van der Waals surface area (Å²) in [7, 11) is -4.07. The van der Waals surface area contributed by atoms with Crippen molar-refractivity contribution in [1.82, 2.24) is 4.57 Å². The molecule has 1 N–H and O–H groups in total. The minimum atomic E-state index is -4.07. The highest BCUT2D eigenvalue weighted by atomic mass is 32.2. The molecular weight excluding hydrogens is 448 g/mol. The van der Waals surface area contributed by atoms with E-state index in [1.165, 1.54) is 22.9 Å². The summed E-state index contributed by atoms with van der Waals surface area (Å²) in [6, 6.07) is 20.8. The van der Waals surface area contributed by atoms with Gasteiger partial charge >= 0.3 is 0 Å². The van der Waals surface area contributed by atoms with Crippen LogP contribution < -0.4 is 10.7 Å². The molecule has 7 heteroatoms. The van der Waals surface area contributed by atoms with E-state index in [0.717, 1.165) is 17.5 Å². The molecule has 4 aromatic rings. The number of amides is 1. The van der Waals surface area contributed by atoms with E-state index in [4.69, 9.17) is 0 Å². The summed E-state index contributed by atoms with van der Waals surface area (Å²) in [5.41, 5.74) is 2.65. The normalized spacial score (nSPS) is 11.5. The standard InChI is InChI=1S/C27H26N2O4S/c1-3-19-10-13-21(14-11-19)28-26(30)18-29-17-25(34(32,33)22-8-6-5-7-9-22)27(31)23-16-20(4-2)12-15-24(23)29/h5-17H,3-4,18H2,1-2H3,(H,28,30). The van der Waals surface area contributed by atoms with Crippen LogP contribution in [0.25, 0.3) is 10.9 Å². The van der Waals surface area contributed by atoms with E-state index in [2.05, 4.69) is 12.2 Å². The summed E-state index contributed by atoms with van der Waals surface area (Å²) in [5, 5.41) is 3.12. The lowest BCUT2D eigenvalue weighted by molar-refractivity contribution is -0.116. The van der Waals surface area contributed by atoms with Crippen LogP contribution in [0.1, 0.15) is 25.0 Å². The van der Waals surface area contributed by atoms with Crippen molar-refractivity contribution in [3.8, 4) is 0 Å². The van der Waals surface area contributed by atoms with Gasteiger partial charge in [0.2, 0.25) is 21.2 Å². The molecule has 3 aromatic carbocycles. The van der Waals surface area contributed by atoms with Crippen LogP contribution in [0.15, 0.2) is 93.6 Å². The van der Waals surface area contributed by atoms with Crippen molar-refractivity contribution in [2.45, 2.75) is 43.0 Å². The maximum absolute atomic E-state index is 13.3. The number of rotatable bonds is 7. The second-order valence-corrected chi connectivity index (χ2v) is 9.99. The summed E-state index contributed by atoms with van der Waals surface area (Å²) in [4.78, 5) is 25.9. The van der Waals surface area contributed by atoms with Gasteiger partial charge in [-0.05, 0) is 60.4 Å². The fourth-order valence-electron chi connectivity index (χ4n) is 3.87. The first-order valence-electron chi connectivity index (χ1n) is 11.2. The topological polar surface area (TPSA) is 85.2 Å². The van der Waals surface area contributed by atoms with Crippen molar-refractivity contribution in [2.75, 3.05) is 5.32 Å². The number of nitrogens with one attached hydrogen (secondary N) is 1. The van der Waals surface area contributed by atoms with Gasteiger partial charge in [0, 0.05) is 17.3 Å². The molecule has 0 fully saturated rings.